The van der Waals surface area contributed by atoms with Crippen LogP contribution in [0.2, 0.25) is 0 Å². The predicted octanol–water partition coefficient (Wildman–Crippen LogP) is 3.74. The van der Waals surface area contributed by atoms with E-state index in [9.17, 15) is 4.79 Å². The molecule has 0 aliphatic heterocycles. The first-order valence-corrected chi connectivity index (χ1v) is 9.89. The van der Waals surface area contributed by atoms with E-state index in [1.807, 2.05) is 49.5 Å². The minimum Gasteiger partial charge on any atom is -0.493 e. The predicted molar refractivity (Wildman–Crippen MR) is 121 cm³/mol. The summed E-state index contributed by atoms with van der Waals surface area (Å²) >= 11 is 0. The van der Waals surface area contributed by atoms with Crippen molar-refractivity contribution in [2.24, 2.45) is 0 Å². The maximum absolute atomic E-state index is 12.2. The summed E-state index contributed by atoms with van der Waals surface area (Å²) in [7, 11) is 1.55. The van der Waals surface area contributed by atoms with Crippen molar-refractivity contribution < 1.29 is 14.3 Å². The number of aryl methyl sites for hydroxylation is 1. The summed E-state index contributed by atoms with van der Waals surface area (Å²) in [4.78, 5) is 21.0. The number of aromatic nitrogens is 4. The van der Waals surface area contributed by atoms with Crippen LogP contribution in [0.3, 0.4) is 0 Å². The van der Waals surface area contributed by atoms with Crippen LogP contribution in [-0.2, 0) is 4.79 Å². The first-order chi connectivity index (χ1) is 15.6. The Labute approximate surface area is 185 Å². The number of benzene rings is 2. The van der Waals surface area contributed by atoms with E-state index < -0.39 is 0 Å². The molecule has 0 atom stereocenters. The van der Waals surface area contributed by atoms with Crippen LogP contribution in [0.5, 0.6) is 11.5 Å². The average Bonchev–Trinajstić information content (AvgIpc) is 3.34. The van der Waals surface area contributed by atoms with Crippen molar-refractivity contribution >= 4 is 23.1 Å². The van der Waals surface area contributed by atoms with Crippen molar-refractivity contribution in [2.45, 2.75) is 6.92 Å². The lowest BCUT2D eigenvalue weighted by Crippen LogP contribution is -2.20. The van der Waals surface area contributed by atoms with Gasteiger partial charge in [-0.15, -0.1) is 0 Å². The summed E-state index contributed by atoms with van der Waals surface area (Å²) in [6.07, 6.45) is 3.51. The quantitative estimate of drug-likeness (QED) is 0.439. The van der Waals surface area contributed by atoms with Gasteiger partial charge in [0.25, 0.3) is 5.91 Å². The number of hydrogen-bond acceptors (Lipinski definition) is 7. The molecule has 0 aliphatic rings. The molecule has 0 saturated heterocycles. The first-order valence-electron chi connectivity index (χ1n) is 9.89. The highest BCUT2D eigenvalue weighted by Gasteiger charge is 2.08. The van der Waals surface area contributed by atoms with Crippen molar-refractivity contribution in [3.63, 3.8) is 0 Å². The topological polar surface area (TPSA) is 103 Å². The van der Waals surface area contributed by atoms with E-state index in [-0.39, 0.29) is 12.5 Å². The number of hydrogen-bond donors (Lipinski definition) is 2. The van der Waals surface area contributed by atoms with Gasteiger partial charge in [0.05, 0.1) is 7.11 Å². The molecule has 0 unspecified atom stereocenters. The Kier molecular flexibility index (Phi) is 6.26. The van der Waals surface area contributed by atoms with Gasteiger partial charge in [0, 0.05) is 29.8 Å². The SMILES string of the molecule is COc1ccccc1OCC(=O)Nc1ccc(Nc2cc(-n3cccn3)nc(C)n2)cc1. The van der Waals surface area contributed by atoms with Crippen LogP contribution in [0.15, 0.2) is 73.1 Å². The Hall–Kier alpha value is -4.40. The molecule has 2 heterocycles. The maximum atomic E-state index is 12.2. The summed E-state index contributed by atoms with van der Waals surface area (Å²) in [5, 5.41) is 10.3. The van der Waals surface area contributed by atoms with Crippen molar-refractivity contribution in [1.82, 2.24) is 19.7 Å². The number of nitrogens with one attached hydrogen (secondary N) is 2. The van der Waals surface area contributed by atoms with Gasteiger partial charge in [0.15, 0.2) is 23.9 Å². The van der Waals surface area contributed by atoms with Crippen LogP contribution in [-0.4, -0.2) is 39.4 Å². The third-order valence-electron chi connectivity index (χ3n) is 4.43. The molecule has 9 heteroatoms. The largest absolute Gasteiger partial charge is 0.493 e. The second-order valence-corrected chi connectivity index (χ2v) is 6.80. The lowest BCUT2D eigenvalue weighted by molar-refractivity contribution is -0.118. The highest BCUT2D eigenvalue weighted by atomic mass is 16.5. The fraction of sp³-hybridized carbons (Fsp3) is 0.130. The molecule has 4 aromatic rings. The number of methoxy groups -OCH3 is 1. The van der Waals surface area contributed by atoms with Gasteiger partial charge in [-0.25, -0.2) is 14.6 Å². The molecule has 32 heavy (non-hydrogen) atoms. The van der Waals surface area contributed by atoms with Crippen LogP contribution >= 0.6 is 0 Å². The molecule has 0 aliphatic carbocycles. The van der Waals surface area contributed by atoms with Gasteiger partial charge < -0.3 is 20.1 Å². The number of rotatable bonds is 8. The van der Waals surface area contributed by atoms with Crippen molar-refractivity contribution in [3.05, 3.63) is 78.9 Å². The standard InChI is InChI=1S/C23H22N6O3/c1-16-25-21(14-22(26-16)29-13-5-12-24-29)27-17-8-10-18(11-9-17)28-23(30)15-32-20-7-4-3-6-19(20)31-2/h3-14H,15H2,1-2H3,(H,28,30)(H,25,26,27). The highest BCUT2D eigenvalue weighted by molar-refractivity contribution is 5.92. The van der Waals surface area contributed by atoms with Crippen LogP contribution in [0.25, 0.3) is 5.82 Å². The fourth-order valence-electron chi connectivity index (χ4n) is 3.00. The van der Waals surface area contributed by atoms with Crippen LogP contribution in [0, 0.1) is 6.92 Å². The molecule has 2 aromatic heterocycles. The zero-order valence-electron chi connectivity index (χ0n) is 17.6. The third kappa shape index (κ3) is 5.20. The second kappa shape index (κ2) is 9.61. The number of amides is 1. The summed E-state index contributed by atoms with van der Waals surface area (Å²) in [6, 6.07) is 18.1. The Morgan fingerprint density at radius 2 is 1.75 bits per heavy atom. The molecule has 2 N–H and O–H groups in total. The van der Waals surface area contributed by atoms with Crippen LogP contribution in [0.4, 0.5) is 17.2 Å². The minimum atomic E-state index is -0.271. The third-order valence-corrected chi connectivity index (χ3v) is 4.43. The Morgan fingerprint density at radius 3 is 2.47 bits per heavy atom. The lowest BCUT2D eigenvalue weighted by Gasteiger charge is -2.11. The normalized spacial score (nSPS) is 10.4. The van der Waals surface area contributed by atoms with Gasteiger partial charge in [0.2, 0.25) is 0 Å². The zero-order valence-corrected chi connectivity index (χ0v) is 17.6. The smallest absolute Gasteiger partial charge is 0.262 e. The molecule has 0 fully saturated rings. The molecule has 9 nitrogen and oxygen atoms in total. The van der Waals surface area contributed by atoms with E-state index in [0.717, 1.165) is 5.69 Å². The van der Waals surface area contributed by atoms with Gasteiger partial charge in [-0.3, -0.25) is 4.79 Å². The van der Waals surface area contributed by atoms with E-state index in [4.69, 9.17) is 9.47 Å². The molecule has 0 radical (unpaired) electrons. The monoisotopic (exact) mass is 430 g/mol. The molecule has 4 rings (SSSR count). The van der Waals surface area contributed by atoms with Gasteiger partial charge >= 0.3 is 0 Å². The number of para-hydroxylation sites is 2. The number of carbonyl (C=O) groups excluding carboxylic acids is 1. The number of anilines is 3. The molecular weight excluding hydrogens is 408 g/mol. The van der Waals surface area contributed by atoms with E-state index in [2.05, 4.69) is 25.7 Å². The Morgan fingerprint density at radius 1 is 1.00 bits per heavy atom. The Bertz CT molecular complexity index is 1190. The van der Waals surface area contributed by atoms with E-state index >= 15 is 0 Å². The van der Waals surface area contributed by atoms with Gasteiger partial charge in [0.1, 0.15) is 11.6 Å². The number of carbonyl (C=O) groups is 1. The van der Waals surface area contributed by atoms with Crippen molar-refractivity contribution in [2.75, 3.05) is 24.4 Å². The molecule has 0 saturated carbocycles. The summed E-state index contributed by atoms with van der Waals surface area (Å²) < 4.78 is 12.4. The lowest BCUT2D eigenvalue weighted by atomic mass is 10.2. The second-order valence-electron chi connectivity index (χ2n) is 6.80. The Balaban J connectivity index is 1.36. The highest BCUT2D eigenvalue weighted by Crippen LogP contribution is 2.25. The first kappa shape index (κ1) is 20.9. The molecule has 0 bridgehead atoms. The summed E-state index contributed by atoms with van der Waals surface area (Å²) in [5.41, 5.74) is 1.47. The van der Waals surface area contributed by atoms with Crippen LogP contribution < -0.4 is 20.1 Å². The maximum Gasteiger partial charge on any atom is 0.262 e. The molecule has 162 valence electrons. The van der Waals surface area contributed by atoms with E-state index in [1.54, 1.807) is 42.3 Å². The molecule has 2 aromatic carbocycles. The minimum absolute atomic E-state index is 0.128. The summed E-state index contributed by atoms with van der Waals surface area (Å²) in [5.74, 6) is 2.76. The van der Waals surface area contributed by atoms with Crippen molar-refractivity contribution in [3.8, 4) is 17.3 Å². The van der Waals surface area contributed by atoms with Gasteiger partial charge in [-0.2, -0.15) is 5.10 Å². The van der Waals surface area contributed by atoms with E-state index in [0.29, 0.717) is 34.6 Å². The van der Waals surface area contributed by atoms with Crippen molar-refractivity contribution in [1.29, 1.82) is 0 Å². The summed E-state index contributed by atoms with van der Waals surface area (Å²) in [6.45, 7) is 1.70. The number of nitrogens with zero attached hydrogens (tertiary/aromatic N) is 4. The van der Waals surface area contributed by atoms with E-state index in [1.165, 1.54) is 0 Å². The van der Waals surface area contributed by atoms with Gasteiger partial charge in [-0.1, -0.05) is 12.1 Å². The zero-order chi connectivity index (χ0) is 22.3. The number of ether oxygens (including phenoxy) is 2. The fourth-order valence-corrected chi connectivity index (χ4v) is 3.00. The molecule has 0 spiro atoms. The van der Waals surface area contributed by atoms with Crippen LogP contribution in [0.1, 0.15) is 5.82 Å². The average molecular weight is 430 g/mol. The molecule has 1 amide bonds. The van der Waals surface area contributed by atoms with Gasteiger partial charge in [-0.05, 0) is 49.4 Å². The molecular formula is C23H22N6O3.